The number of carbonyl (C=O) groups excluding carboxylic acids is 2. The lowest BCUT2D eigenvalue weighted by atomic mass is 10.00. The Kier molecular flexibility index (Phi) is 35.8. The van der Waals surface area contributed by atoms with E-state index in [9.17, 15) is 37.9 Å². The van der Waals surface area contributed by atoms with Gasteiger partial charge in [-0.15, -0.1) is 0 Å². The number of aliphatic hydroxyl groups excluding tert-OH is 3. The maximum absolute atomic E-state index is 12.8. The van der Waals surface area contributed by atoms with Crippen molar-refractivity contribution < 1.29 is 56.8 Å². The van der Waals surface area contributed by atoms with E-state index in [4.69, 9.17) is 18.9 Å². The maximum Gasteiger partial charge on any atom is 0.306 e. The van der Waals surface area contributed by atoms with Crippen LogP contribution in [0.3, 0.4) is 0 Å². The lowest BCUT2D eigenvalue weighted by Crippen LogP contribution is -2.60. The van der Waals surface area contributed by atoms with E-state index in [-0.39, 0.29) is 19.4 Å². The summed E-state index contributed by atoms with van der Waals surface area (Å²) in [6.45, 7) is 3.49. The molecular formula is C51H78O12S. The minimum atomic E-state index is -4.63. The Hall–Kier alpha value is -3.95. The number of carbonyl (C=O) groups is 2. The van der Waals surface area contributed by atoms with Crippen LogP contribution < -0.4 is 0 Å². The highest BCUT2D eigenvalue weighted by molar-refractivity contribution is 7.85. The van der Waals surface area contributed by atoms with Gasteiger partial charge in [-0.2, -0.15) is 8.42 Å². The third-order valence-electron chi connectivity index (χ3n) is 9.54. The summed E-state index contributed by atoms with van der Waals surface area (Å²) >= 11 is 0. The van der Waals surface area contributed by atoms with Crippen LogP contribution in [0.15, 0.2) is 122 Å². The van der Waals surface area contributed by atoms with Crippen LogP contribution in [0.2, 0.25) is 0 Å². The van der Waals surface area contributed by atoms with Crippen LogP contribution in [-0.2, 0) is 38.7 Å². The van der Waals surface area contributed by atoms with Crippen molar-refractivity contribution in [2.24, 2.45) is 0 Å². The molecule has 0 aliphatic carbocycles. The smallest absolute Gasteiger partial charge is 0.306 e. The van der Waals surface area contributed by atoms with Gasteiger partial charge in [-0.25, -0.2) is 0 Å². The summed E-state index contributed by atoms with van der Waals surface area (Å²) < 4.78 is 53.9. The molecule has 0 saturated carbocycles. The minimum Gasteiger partial charge on any atom is -0.462 e. The topological polar surface area (TPSA) is 186 Å². The molecule has 0 bridgehead atoms. The molecule has 1 rings (SSSR count). The zero-order valence-corrected chi connectivity index (χ0v) is 39.1. The lowest BCUT2D eigenvalue weighted by Gasteiger charge is -2.40. The van der Waals surface area contributed by atoms with E-state index in [1.807, 2.05) is 30.4 Å². The van der Waals surface area contributed by atoms with Gasteiger partial charge in [-0.3, -0.25) is 14.1 Å². The van der Waals surface area contributed by atoms with Crippen molar-refractivity contribution in [1.29, 1.82) is 0 Å². The van der Waals surface area contributed by atoms with Crippen LogP contribution in [0.5, 0.6) is 0 Å². The van der Waals surface area contributed by atoms with Crippen LogP contribution in [0.1, 0.15) is 129 Å². The Balaban J connectivity index is 2.55. The predicted octanol–water partition coefficient (Wildman–Crippen LogP) is 9.78. The third-order valence-corrected chi connectivity index (χ3v) is 10.3. The van der Waals surface area contributed by atoms with Crippen molar-refractivity contribution in [3.63, 3.8) is 0 Å². The Morgan fingerprint density at radius 1 is 0.547 bits per heavy atom. The Morgan fingerprint density at radius 2 is 1.00 bits per heavy atom. The second kappa shape index (κ2) is 39.4. The molecule has 1 saturated heterocycles. The molecule has 0 spiro atoms. The zero-order chi connectivity index (χ0) is 46.9. The van der Waals surface area contributed by atoms with Crippen LogP contribution in [0.4, 0.5) is 0 Å². The maximum atomic E-state index is 12.8. The lowest BCUT2D eigenvalue weighted by molar-refractivity contribution is -0.297. The molecule has 0 aromatic carbocycles. The fourth-order valence-corrected chi connectivity index (χ4v) is 6.68. The van der Waals surface area contributed by atoms with Gasteiger partial charge in [0.1, 0.15) is 36.8 Å². The summed E-state index contributed by atoms with van der Waals surface area (Å²) in [5.41, 5.74) is 0. The molecule has 1 aliphatic rings. The van der Waals surface area contributed by atoms with Gasteiger partial charge in [0, 0.05) is 12.8 Å². The second-order valence-corrected chi connectivity index (χ2v) is 16.8. The van der Waals surface area contributed by atoms with Crippen LogP contribution in [0.25, 0.3) is 0 Å². The highest BCUT2D eigenvalue weighted by atomic mass is 32.2. The molecule has 1 fully saturated rings. The molecule has 1 heterocycles. The van der Waals surface area contributed by atoms with Crippen molar-refractivity contribution in [3.05, 3.63) is 122 Å². The molecule has 64 heavy (non-hydrogen) atoms. The van der Waals surface area contributed by atoms with Crippen molar-refractivity contribution in [1.82, 2.24) is 0 Å². The number of unbranched alkanes of at least 4 members (excludes halogenated alkanes) is 4. The summed E-state index contributed by atoms with van der Waals surface area (Å²) in [7, 11) is -4.63. The molecule has 0 radical (unpaired) electrons. The monoisotopic (exact) mass is 915 g/mol. The van der Waals surface area contributed by atoms with E-state index < -0.39 is 71.2 Å². The van der Waals surface area contributed by atoms with E-state index in [0.717, 1.165) is 57.8 Å². The first kappa shape index (κ1) is 58.1. The van der Waals surface area contributed by atoms with Crippen LogP contribution in [0, 0.1) is 0 Å². The van der Waals surface area contributed by atoms with E-state index in [1.54, 1.807) is 0 Å². The molecule has 0 aromatic heterocycles. The fraction of sp³-hybridized carbons (Fsp3) is 0.569. The molecule has 6 atom stereocenters. The molecule has 12 nitrogen and oxygen atoms in total. The Labute approximate surface area is 384 Å². The summed E-state index contributed by atoms with van der Waals surface area (Å²) in [4.78, 5) is 25.4. The fourth-order valence-electron chi connectivity index (χ4n) is 5.99. The number of hydrogen-bond donors (Lipinski definition) is 4. The highest BCUT2D eigenvalue weighted by Crippen LogP contribution is 2.23. The number of aliphatic hydroxyl groups is 3. The summed E-state index contributed by atoms with van der Waals surface area (Å²) in [6.07, 6.45) is 46.9. The Bertz CT molecular complexity index is 1640. The molecule has 13 heteroatoms. The highest BCUT2D eigenvalue weighted by Gasteiger charge is 2.46. The SMILES string of the molecule is CC/C=C/C/C=C/C/C=C/C/C=C/C/C=C/CCCC(=O)OC[C@H](CO[C@H]1O[C@H](CS(=O)(=O)O)[C@@H](O)C(O)C1O)OC(=O)CC/C=C/C/C=C/C/C=C/C/C=C/C/C=C/CCCCC. The van der Waals surface area contributed by atoms with E-state index in [2.05, 4.69) is 105 Å². The number of esters is 2. The molecule has 1 aliphatic heterocycles. The summed E-state index contributed by atoms with van der Waals surface area (Å²) in [5.74, 6) is -2.19. The Morgan fingerprint density at radius 3 is 1.47 bits per heavy atom. The van der Waals surface area contributed by atoms with Gasteiger partial charge in [0.05, 0.1) is 6.61 Å². The van der Waals surface area contributed by atoms with Crippen LogP contribution >= 0.6 is 0 Å². The van der Waals surface area contributed by atoms with Gasteiger partial charge in [0.15, 0.2) is 12.4 Å². The number of rotatable bonds is 36. The summed E-state index contributed by atoms with van der Waals surface area (Å²) in [6, 6.07) is 0. The van der Waals surface area contributed by atoms with Gasteiger partial charge < -0.3 is 34.3 Å². The standard InChI is InChI=1S/C51H78O12S/c1-3-5-7-9-11-13-15-17-19-21-22-24-26-28-30-32-34-36-38-40-47(53)62-44(42-61-51-50(56)49(55)48(54)45(63-51)43-64(57,58)59)41-60-46(52)39-37-35-33-31-29-27-25-23-20-18-16-14-12-10-8-6-4-2/h6,8,11-14,17-20,22,24-25,27-28,30-31,33-34,36,44-45,48-51,54-56H,3-5,7,9-10,15-16,21,23,26,29,32,35,37-43H2,1-2H3,(H,57,58,59)/b8-6+,13-11+,14-12+,19-17+,20-18+,24-22+,27-25+,30-28+,33-31+,36-34+/t44-,45-,48-,49?,50?,51+/m1/s1. The zero-order valence-electron chi connectivity index (χ0n) is 38.3. The average molecular weight is 915 g/mol. The van der Waals surface area contributed by atoms with Gasteiger partial charge in [-0.1, -0.05) is 148 Å². The summed E-state index contributed by atoms with van der Waals surface area (Å²) in [5, 5.41) is 30.9. The first-order valence-electron chi connectivity index (χ1n) is 23.1. The second-order valence-electron chi connectivity index (χ2n) is 15.3. The molecule has 4 N–H and O–H groups in total. The molecule has 360 valence electrons. The molecule has 0 aromatic rings. The number of hydrogen-bond acceptors (Lipinski definition) is 11. The quantitative estimate of drug-likeness (QED) is 0.0202. The third kappa shape index (κ3) is 33.5. The predicted molar refractivity (Wildman–Crippen MR) is 256 cm³/mol. The first-order valence-corrected chi connectivity index (χ1v) is 24.7. The molecule has 2 unspecified atom stereocenters. The van der Waals surface area contributed by atoms with Crippen molar-refractivity contribution in [2.45, 2.75) is 166 Å². The average Bonchev–Trinajstić information content (AvgIpc) is 3.26. The van der Waals surface area contributed by atoms with Crippen molar-refractivity contribution in [3.8, 4) is 0 Å². The van der Waals surface area contributed by atoms with E-state index >= 15 is 0 Å². The number of allylic oxidation sites excluding steroid dienone is 20. The van der Waals surface area contributed by atoms with Crippen molar-refractivity contribution >= 4 is 22.1 Å². The minimum absolute atomic E-state index is 0.0205. The van der Waals surface area contributed by atoms with E-state index in [0.29, 0.717) is 25.7 Å². The molecule has 0 amide bonds. The number of ether oxygens (including phenoxy) is 4. The first-order chi connectivity index (χ1) is 31.0. The van der Waals surface area contributed by atoms with Gasteiger partial charge in [-0.05, 0) is 89.9 Å². The van der Waals surface area contributed by atoms with Crippen LogP contribution in [-0.4, -0.2) is 96.0 Å². The largest absolute Gasteiger partial charge is 0.462 e. The molecular weight excluding hydrogens is 837 g/mol. The van der Waals surface area contributed by atoms with Crippen molar-refractivity contribution in [2.75, 3.05) is 19.0 Å². The van der Waals surface area contributed by atoms with Gasteiger partial charge >= 0.3 is 11.9 Å². The van der Waals surface area contributed by atoms with Gasteiger partial charge in [0.2, 0.25) is 0 Å². The normalized spacial score (nSPS) is 20.8. The van der Waals surface area contributed by atoms with Gasteiger partial charge in [0.25, 0.3) is 10.1 Å². The van der Waals surface area contributed by atoms with E-state index in [1.165, 1.54) is 19.3 Å².